The van der Waals surface area contributed by atoms with Crippen molar-refractivity contribution in [3.63, 3.8) is 0 Å². The Kier molecular flexibility index (Phi) is 5.30. The van der Waals surface area contributed by atoms with Crippen LogP contribution in [0.5, 0.6) is 0 Å². The van der Waals surface area contributed by atoms with Crippen molar-refractivity contribution in [2.45, 2.75) is 32.9 Å². The van der Waals surface area contributed by atoms with Gasteiger partial charge in [-0.1, -0.05) is 12.8 Å². The minimum absolute atomic E-state index is 0.446. The lowest BCUT2D eigenvalue weighted by atomic mass is 10.1. The highest BCUT2D eigenvalue weighted by molar-refractivity contribution is 5.80. The van der Waals surface area contributed by atoms with E-state index in [1.165, 1.54) is 0 Å². The minimum Gasteiger partial charge on any atom is -0.352 e. The fraction of sp³-hybridized carbons (Fsp3) is 0.769. The zero-order valence-electron chi connectivity index (χ0n) is 11.3. The molecule has 2 N–H and O–H groups in total. The molecule has 0 aromatic rings. The third-order valence-corrected chi connectivity index (χ3v) is 3.27. The molecule has 1 fully saturated rings. The first kappa shape index (κ1) is 13.9. The molecule has 0 bridgehead atoms. The van der Waals surface area contributed by atoms with Crippen molar-refractivity contribution in [2.75, 3.05) is 26.7 Å². The molecule has 0 aliphatic carbocycles. The molecule has 1 heterocycles. The number of hydrogen-bond donors (Lipinski definition) is 2. The monoisotopic (exact) mass is 236 g/mol. The van der Waals surface area contributed by atoms with Gasteiger partial charge in [0.1, 0.15) is 0 Å². The molecular formula is C13H24N4. The Bertz CT molecular complexity index is 303. The summed E-state index contributed by atoms with van der Waals surface area (Å²) in [5, 5.41) is 6.53. The molecule has 2 atom stereocenters. The molecule has 2 unspecified atom stereocenters. The van der Waals surface area contributed by atoms with Crippen LogP contribution in [0.4, 0.5) is 0 Å². The summed E-state index contributed by atoms with van der Waals surface area (Å²) in [5.74, 6) is 3.98. The number of terminal acetylenes is 1. The average molecular weight is 236 g/mol. The Morgan fingerprint density at radius 3 is 2.71 bits per heavy atom. The maximum Gasteiger partial charge on any atom is 0.192 e. The summed E-state index contributed by atoms with van der Waals surface area (Å²) in [6.45, 7) is 9.46. The van der Waals surface area contributed by atoms with Crippen molar-refractivity contribution in [2.24, 2.45) is 10.9 Å². The highest BCUT2D eigenvalue weighted by Gasteiger charge is 2.31. The van der Waals surface area contributed by atoms with Crippen LogP contribution in [0.15, 0.2) is 4.99 Å². The number of hydrogen-bond acceptors (Lipinski definition) is 2. The Balaban J connectivity index is 2.49. The smallest absolute Gasteiger partial charge is 0.192 e. The first-order valence-electron chi connectivity index (χ1n) is 6.23. The lowest BCUT2D eigenvalue weighted by molar-refractivity contribution is 0.265. The van der Waals surface area contributed by atoms with E-state index >= 15 is 0 Å². The van der Waals surface area contributed by atoms with E-state index < -0.39 is 0 Å². The Morgan fingerprint density at radius 2 is 2.24 bits per heavy atom. The minimum atomic E-state index is 0.446. The van der Waals surface area contributed by atoms with Crippen LogP contribution in [0.2, 0.25) is 0 Å². The van der Waals surface area contributed by atoms with Crippen LogP contribution in [0.1, 0.15) is 20.8 Å². The van der Waals surface area contributed by atoms with Crippen LogP contribution in [0.3, 0.4) is 0 Å². The number of aliphatic imine (C=N–C) groups is 1. The first-order chi connectivity index (χ1) is 8.08. The molecule has 4 nitrogen and oxygen atoms in total. The number of likely N-dealkylation sites (tertiary alicyclic amines) is 1. The van der Waals surface area contributed by atoms with Crippen LogP contribution in [0.25, 0.3) is 0 Å². The van der Waals surface area contributed by atoms with Gasteiger partial charge in [-0.15, -0.1) is 6.42 Å². The lowest BCUT2D eigenvalue weighted by Crippen LogP contribution is -2.46. The summed E-state index contributed by atoms with van der Waals surface area (Å²) in [4.78, 5) is 6.66. The van der Waals surface area contributed by atoms with E-state index in [0.29, 0.717) is 24.5 Å². The maximum atomic E-state index is 5.23. The second-order valence-electron chi connectivity index (χ2n) is 4.91. The summed E-state index contributed by atoms with van der Waals surface area (Å²) in [5.41, 5.74) is 0. The van der Waals surface area contributed by atoms with Crippen LogP contribution < -0.4 is 10.6 Å². The van der Waals surface area contributed by atoms with Gasteiger partial charge in [0.25, 0.3) is 0 Å². The fourth-order valence-electron chi connectivity index (χ4n) is 2.12. The second kappa shape index (κ2) is 6.51. The van der Waals surface area contributed by atoms with Gasteiger partial charge in [-0.05, 0) is 19.8 Å². The Morgan fingerprint density at radius 1 is 1.53 bits per heavy atom. The Labute approximate surface area is 105 Å². The standard InChI is InChI=1S/C13H24N4/c1-6-7-15-13(14-5)16-12-9-17(10(2)3)8-11(12)4/h1,10-12H,7-9H2,2-5H3,(H2,14,15,16). The van der Waals surface area contributed by atoms with Crippen molar-refractivity contribution in [3.8, 4) is 12.3 Å². The van der Waals surface area contributed by atoms with E-state index in [9.17, 15) is 0 Å². The summed E-state index contributed by atoms with van der Waals surface area (Å²) in [6, 6.07) is 1.05. The van der Waals surface area contributed by atoms with Crippen molar-refractivity contribution in [1.82, 2.24) is 15.5 Å². The SMILES string of the molecule is C#CCNC(=NC)NC1CN(C(C)C)CC1C. The molecule has 0 aromatic heterocycles. The zero-order chi connectivity index (χ0) is 12.8. The highest BCUT2D eigenvalue weighted by atomic mass is 15.3. The Hall–Kier alpha value is -1.21. The molecule has 0 saturated carbocycles. The quantitative estimate of drug-likeness (QED) is 0.426. The van der Waals surface area contributed by atoms with Crippen molar-refractivity contribution < 1.29 is 0 Å². The van der Waals surface area contributed by atoms with E-state index in [1.807, 2.05) is 0 Å². The molecule has 0 amide bonds. The van der Waals surface area contributed by atoms with E-state index in [-0.39, 0.29) is 0 Å². The van der Waals surface area contributed by atoms with Gasteiger partial charge < -0.3 is 10.6 Å². The van der Waals surface area contributed by atoms with Crippen molar-refractivity contribution in [3.05, 3.63) is 0 Å². The molecule has 0 spiro atoms. The second-order valence-corrected chi connectivity index (χ2v) is 4.91. The molecule has 1 rings (SSSR count). The third kappa shape index (κ3) is 3.94. The summed E-state index contributed by atoms with van der Waals surface area (Å²) in [7, 11) is 1.77. The molecule has 4 heteroatoms. The number of nitrogens with one attached hydrogen (secondary N) is 2. The normalized spacial score (nSPS) is 26.0. The van der Waals surface area contributed by atoms with Crippen LogP contribution >= 0.6 is 0 Å². The molecule has 1 aliphatic rings. The molecule has 96 valence electrons. The topological polar surface area (TPSA) is 39.7 Å². The molecule has 1 aliphatic heterocycles. The molecular weight excluding hydrogens is 212 g/mol. The van der Waals surface area contributed by atoms with Gasteiger partial charge in [-0.3, -0.25) is 9.89 Å². The number of nitrogens with zero attached hydrogens (tertiary/aromatic N) is 2. The van der Waals surface area contributed by atoms with E-state index in [4.69, 9.17) is 6.42 Å². The number of guanidine groups is 1. The van der Waals surface area contributed by atoms with E-state index in [2.05, 4.69) is 47.2 Å². The summed E-state index contributed by atoms with van der Waals surface area (Å²) < 4.78 is 0. The van der Waals surface area contributed by atoms with Gasteiger partial charge >= 0.3 is 0 Å². The third-order valence-electron chi connectivity index (χ3n) is 3.27. The number of rotatable bonds is 3. The van der Waals surface area contributed by atoms with Crippen LogP contribution in [0, 0.1) is 18.3 Å². The van der Waals surface area contributed by atoms with Gasteiger partial charge in [-0.25, -0.2) is 0 Å². The van der Waals surface area contributed by atoms with Crippen molar-refractivity contribution >= 4 is 5.96 Å². The van der Waals surface area contributed by atoms with Crippen LogP contribution in [-0.4, -0.2) is 49.6 Å². The molecule has 0 aromatic carbocycles. The predicted molar refractivity (Wildman–Crippen MR) is 73.0 cm³/mol. The molecule has 17 heavy (non-hydrogen) atoms. The average Bonchev–Trinajstić information content (AvgIpc) is 2.66. The van der Waals surface area contributed by atoms with Gasteiger partial charge in [0, 0.05) is 32.2 Å². The van der Waals surface area contributed by atoms with Gasteiger partial charge in [-0.2, -0.15) is 0 Å². The van der Waals surface area contributed by atoms with E-state index in [1.54, 1.807) is 7.05 Å². The summed E-state index contributed by atoms with van der Waals surface area (Å²) >= 11 is 0. The zero-order valence-corrected chi connectivity index (χ0v) is 11.3. The van der Waals surface area contributed by atoms with E-state index in [0.717, 1.165) is 19.0 Å². The largest absolute Gasteiger partial charge is 0.352 e. The van der Waals surface area contributed by atoms with Crippen molar-refractivity contribution in [1.29, 1.82) is 0 Å². The molecule has 1 saturated heterocycles. The molecule has 0 radical (unpaired) electrons. The van der Waals surface area contributed by atoms with Gasteiger partial charge in [0.15, 0.2) is 5.96 Å². The fourth-order valence-corrected chi connectivity index (χ4v) is 2.12. The first-order valence-corrected chi connectivity index (χ1v) is 6.23. The van der Waals surface area contributed by atoms with Gasteiger partial charge in [0.2, 0.25) is 0 Å². The lowest BCUT2D eigenvalue weighted by Gasteiger charge is -2.21. The van der Waals surface area contributed by atoms with Crippen LogP contribution in [-0.2, 0) is 0 Å². The predicted octanol–water partition coefficient (Wildman–Crippen LogP) is 0.513. The van der Waals surface area contributed by atoms with Gasteiger partial charge in [0.05, 0.1) is 6.54 Å². The maximum absolute atomic E-state index is 5.23. The summed E-state index contributed by atoms with van der Waals surface area (Å²) in [6.07, 6.45) is 5.23. The highest BCUT2D eigenvalue weighted by Crippen LogP contribution is 2.18.